The van der Waals surface area contributed by atoms with Gasteiger partial charge in [0.15, 0.2) is 6.23 Å². The van der Waals surface area contributed by atoms with Gasteiger partial charge in [-0.1, -0.05) is 0 Å². The first-order valence-electron chi connectivity index (χ1n) is 5.30. The third-order valence-electron chi connectivity index (χ3n) is 2.46. The van der Waals surface area contributed by atoms with Gasteiger partial charge >= 0.3 is 5.97 Å². The van der Waals surface area contributed by atoms with Crippen molar-refractivity contribution in [3.8, 4) is 0 Å². The maximum absolute atomic E-state index is 11.6. The van der Waals surface area contributed by atoms with Crippen LogP contribution in [-0.2, 0) is 14.3 Å². The second-order valence-corrected chi connectivity index (χ2v) is 4.96. The van der Waals surface area contributed by atoms with E-state index < -0.39 is 5.41 Å². The van der Waals surface area contributed by atoms with Gasteiger partial charge in [0, 0.05) is 19.9 Å². The quantitative estimate of drug-likeness (QED) is 0.621. The first-order valence-corrected chi connectivity index (χ1v) is 5.30. The molecule has 0 saturated carbocycles. The van der Waals surface area contributed by atoms with E-state index in [1.165, 1.54) is 6.92 Å². The van der Waals surface area contributed by atoms with E-state index in [2.05, 4.69) is 0 Å². The lowest BCUT2D eigenvalue weighted by molar-refractivity contribution is -0.168. The molecule has 1 aliphatic rings. The van der Waals surface area contributed by atoms with Crippen molar-refractivity contribution >= 4 is 11.9 Å². The smallest absolute Gasteiger partial charge is 0.313 e. The molecule has 0 aromatic rings. The van der Waals surface area contributed by atoms with E-state index in [0.29, 0.717) is 6.54 Å². The summed E-state index contributed by atoms with van der Waals surface area (Å²) < 4.78 is 5.32. The molecule has 0 aromatic heterocycles. The molecular formula is C11H19NO3. The van der Waals surface area contributed by atoms with Crippen molar-refractivity contribution in [2.24, 2.45) is 5.41 Å². The molecule has 0 bridgehead atoms. The van der Waals surface area contributed by atoms with E-state index >= 15 is 0 Å². The van der Waals surface area contributed by atoms with Gasteiger partial charge in [-0.15, -0.1) is 0 Å². The maximum atomic E-state index is 11.6. The van der Waals surface area contributed by atoms with Crippen molar-refractivity contribution in [1.29, 1.82) is 0 Å². The Morgan fingerprint density at radius 3 is 2.40 bits per heavy atom. The molecule has 1 amide bonds. The SMILES string of the molecule is CC(=O)N1CCC[C@@H]1OC(=O)C(C)(C)C. The van der Waals surface area contributed by atoms with Gasteiger partial charge in [-0.25, -0.2) is 0 Å². The van der Waals surface area contributed by atoms with Gasteiger partial charge in [-0.05, 0) is 27.2 Å². The number of carbonyl (C=O) groups is 2. The molecule has 1 fully saturated rings. The summed E-state index contributed by atoms with van der Waals surface area (Å²) >= 11 is 0. The molecule has 1 saturated heterocycles. The highest BCUT2D eigenvalue weighted by atomic mass is 16.6. The highest BCUT2D eigenvalue weighted by molar-refractivity contribution is 5.77. The molecule has 15 heavy (non-hydrogen) atoms. The lowest BCUT2D eigenvalue weighted by atomic mass is 9.97. The van der Waals surface area contributed by atoms with E-state index in [-0.39, 0.29) is 18.1 Å². The predicted molar refractivity (Wildman–Crippen MR) is 56.0 cm³/mol. The number of carbonyl (C=O) groups excluding carboxylic acids is 2. The van der Waals surface area contributed by atoms with Gasteiger partial charge < -0.3 is 9.64 Å². The third-order valence-corrected chi connectivity index (χ3v) is 2.46. The van der Waals surface area contributed by atoms with E-state index in [1.807, 2.05) is 20.8 Å². The minimum Gasteiger partial charge on any atom is -0.441 e. The van der Waals surface area contributed by atoms with Crippen molar-refractivity contribution in [1.82, 2.24) is 4.90 Å². The molecule has 1 heterocycles. The summed E-state index contributed by atoms with van der Waals surface area (Å²) in [4.78, 5) is 24.5. The van der Waals surface area contributed by atoms with Gasteiger partial charge in [-0.2, -0.15) is 0 Å². The lowest BCUT2D eigenvalue weighted by Crippen LogP contribution is -2.39. The Kier molecular flexibility index (Phi) is 3.37. The molecule has 1 atom stereocenters. The summed E-state index contributed by atoms with van der Waals surface area (Å²) in [6, 6.07) is 0. The van der Waals surface area contributed by atoms with Crippen LogP contribution in [0.15, 0.2) is 0 Å². The molecule has 0 spiro atoms. The Bertz CT molecular complexity index is 267. The predicted octanol–water partition coefficient (Wildman–Crippen LogP) is 1.54. The Morgan fingerprint density at radius 1 is 1.33 bits per heavy atom. The number of esters is 1. The molecule has 4 nitrogen and oxygen atoms in total. The van der Waals surface area contributed by atoms with Crippen molar-refractivity contribution < 1.29 is 14.3 Å². The zero-order valence-electron chi connectivity index (χ0n) is 9.87. The van der Waals surface area contributed by atoms with Crippen LogP contribution in [0, 0.1) is 5.41 Å². The average Bonchev–Trinajstić information content (AvgIpc) is 2.50. The number of hydrogen-bond donors (Lipinski definition) is 0. The number of likely N-dealkylation sites (tertiary alicyclic amines) is 1. The zero-order valence-corrected chi connectivity index (χ0v) is 9.87. The Labute approximate surface area is 90.6 Å². The van der Waals surface area contributed by atoms with E-state index in [1.54, 1.807) is 4.90 Å². The highest BCUT2D eigenvalue weighted by Crippen LogP contribution is 2.23. The van der Waals surface area contributed by atoms with Crippen LogP contribution < -0.4 is 0 Å². The Hall–Kier alpha value is -1.06. The van der Waals surface area contributed by atoms with Crippen LogP contribution in [-0.4, -0.2) is 29.5 Å². The highest BCUT2D eigenvalue weighted by Gasteiger charge is 2.33. The molecule has 0 N–H and O–H groups in total. The van der Waals surface area contributed by atoms with E-state index in [9.17, 15) is 9.59 Å². The van der Waals surface area contributed by atoms with Gasteiger partial charge in [0.05, 0.1) is 5.41 Å². The summed E-state index contributed by atoms with van der Waals surface area (Å²) in [7, 11) is 0. The summed E-state index contributed by atoms with van der Waals surface area (Å²) in [5.41, 5.74) is -0.509. The summed E-state index contributed by atoms with van der Waals surface area (Å²) in [5, 5.41) is 0. The molecule has 1 aliphatic heterocycles. The van der Waals surface area contributed by atoms with Crippen molar-refractivity contribution in [3.63, 3.8) is 0 Å². The van der Waals surface area contributed by atoms with Crippen LogP contribution >= 0.6 is 0 Å². The second kappa shape index (κ2) is 4.21. The van der Waals surface area contributed by atoms with Gasteiger partial charge in [0.2, 0.25) is 5.91 Å². The molecule has 86 valence electrons. The molecule has 1 rings (SSSR count). The fourth-order valence-corrected chi connectivity index (χ4v) is 1.52. The maximum Gasteiger partial charge on any atom is 0.313 e. The van der Waals surface area contributed by atoms with Crippen LogP contribution in [0.1, 0.15) is 40.5 Å². The number of ether oxygens (including phenoxy) is 1. The van der Waals surface area contributed by atoms with Gasteiger partial charge in [-0.3, -0.25) is 9.59 Å². The molecule has 0 aliphatic carbocycles. The molecule has 0 unspecified atom stereocenters. The largest absolute Gasteiger partial charge is 0.441 e. The summed E-state index contributed by atoms with van der Waals surface area (Å²) in [6.07, 6.45) is 1.30. The van der Waals surface area contributed by atoms with Crippen molar-refractivity contribution in [2.45, 2.75) is 46.8 Å². The van der Waals surface area contributed by atoms with E-state index in [4.69, 9.17) is 4.74 Å². The van der Waals surface area contributed by atoms with Crippen LogP contribution in [0.25, 0.3) is 0 Å². The minimum atomic E-state index is -0.509. The number of amides is 1. The molecule has 4 heteroatoms. The molecule has 0 aromatic carbocycles. The topological polar surface area (TPSA) is 46.6 Å². The fourth-order valence-electron chi connectivity index (χ4n) is 1.52. The van der Waals surface area contributed by atoms with Crippen LogP contribution in [0.3, 0.4) is 0 Å². The Balaban J connectivity index is 2.58. The van der Waals surface area contributed by atoms with Gasteiger partial charge in [0.1, 0.15) is 0 Å². The zero-order chi connectivity index (χ0) is 11.6. The molecular weight excluding hydrogens is 194 g/mol. The minimum absolute atomic E-state index is 0.0285. The number of rotatable bonds is 1. The number of hydrogen-bond acceptors (Lipinski definition) is 3. The lowest BCUT2D eigenvalue weighted by Gasteiger charge is -2.26. The van der Waals surface area contributed by atoms with Crippen LogP contribution in [0.5, 0.6) is 0 Å². The normalized spacial score (nSPS) is 21.6. The number of nitrogens with zero attached hydrogens (tertiary/aromatic N) is 1. The first kappa shape index (κ1) is 12.0. The van der Waals surface area contributed by atoms with Crippen molar-refractivity contribution in [2.75, 3.05) is 6.54 Å². The molecule has 0 radical (unpaired) electrons. The third kappa shape index (κ3) is 2.94. The summed E-state index contributed by atoms with van der Waals surface area (Å²) in [5.74, 6) is -0.278. The van der Waals surface area contributed by atoms with Crippen LogP contribution in [0.4, 0.5) is 0 Å². The second-order valence-electron chi connectivity index (χ2n) is 4.96. The van der Waals surface area contributed by atoms with Crippen LogP contribution in [0.2, 0.25) is 0 Å². The summed E-state index contributed by atoms with van der Waals surface area (Å²) in [6.45, 7) is 7.62. The van der Waals surface area contributed by atoms with Crippen molar-refractivity contribution in [3.05, 3.63) is 0 Å². The first-order chi connectivity index (χ1) is 6.82. The Morgan fingerprint density at radius 2 is 1.93 bits per heavy atom. The standard InChI is InChI=1S/C11H19NO3/c1-8(13)12-7-5-6-9(12)15-10(14)11(2,3)4/h9H,5-7H2,1-4H3/t9-/m0/s1. The van der Waals surface area contributed by atoms with E-state index in [0.717, 1.165) is 12.8 Å². The monoisotopic (exact) mass is 213 g/mol. The van der Waals surface area contributed by atoms with Gasteiger partial charge in [0.25, 0.3) is 0 Å². The average molecular weight is 213 g/mol. The fraction of sp³-hybridized carbons (Fsp3) is 0.818.